The van der Waals surface area contributed by atoms with Crippen molar-refractivity contribution in [2.75, 3.05) is 12.5 Å². The summed E-state index contributed by atoms with van der Waals surface area (Å²) in [6.07, 6.45) is 1.66. The van der Waals surface area contributed by atoms with Crippen molar-refractivity contribution in [3.8, 4) is 5.75 Å². The molecule has 0 saturated carbocycles. The monoisotopic (exact) mass is 252 g/mol. The number of halogens is 1. The zero-order chi connectivity index (χ0) is 11.9. The van der Waals surface area contributed by atoms with Gasteiger partial charge in [-0.05, 0) is 24.1 Å². The third kappa shape index (κ3) is 3.71. The molecule has 90 valence electrons. The number of tetrazole rings is 1. The summed E-state index contributed by atoms with van der Waals surface area (Å²) in [7, 11) is 0. The quantitative estimate of drug-likeness (QED) is 0.794. The molecule has 1 aromatic carbocycles. The van der Waals surface area contributed by atoms with Gasteiger partial charge in [0.2, 0.25) is 0 Å². The highest BCUT2D eigenvalue weighted by molar-refractivity contribution is 6.17. The second kappa shape index (κ2) is 6.20. The van der Waals surface area contributed by atoms with Crippen LogP contribution in [0.4, 0.5) is 0 Å². The van der Waals surface area contributed by atoms with E-state index < -0.39 is 0 Å². The fraction of sp³-hybridized carbons (Fsp3) is 0.364. The molecule has 2 aromatic rings. The van der Waals surface area contributed by atoms with Gasteiger partial charge in [-0.25, -0.2) is 0 Å². The molecule has 0 aliphatic heterocycles. The molecule has 0 aliphatic rings. The normalized spacial score (nSPS) is 10.4. The van der Waals surface area contributed by atoms with Crippen molar-refractivity contribution in [3.05, 3.63) is 35.7 Å². The Balaban J connectivity index is 1.85. The summed E-state index contributed by atoms with van der Waals surface area (Å²) in [5, 5.41) is 13.8. The molecule has 0 fully saturated rings. The highest BCUT2D eigenvalue weighted by Crippen LogP contribution is 2.13. The molecule has 0 bridgehead atoms. The summed E-state index contributed by atoms with van der Waals surface area (Å²) in [5.41, 5.74) is 1.22. The van der Waals surface area contributed by atoms with Gasteiger partial charge in [0.25, 0.3) is 0 Å². The SMILES string of the molecule is ClCCOc1ccc(CCc2nn[nH]n2)cc1. The number of H-pyrrole nitrogens is 1. The molecule has 0 atom stereocenters. The summed E-state index contributed by atoms with van der Waals surface area (Å²) in [5.74, 6) is 2.07. The molecule has 5 nitrogen and oxygen atoms in total. The minimum atomic E-state index is 0.500. The molecule has 1 aromatic heterocycles. The van der Waals surface area contributed by atoms with E-state index in [1.807, 2.05) is 24.3 Å². The van der Waals surface area contributed by atoms with Crippen LogP contribution in [0, 0.1) is 0 Å². The Morgan fingerprint density at radius 3 is 2.65 bits per heavy atom. The minimum absolute atomic E-state index is 0.500. The van der Waals surface area contributed by atoms with Crippen molar-refractivity contribution in [1.82, 2.24) is 20.6 Å². The van der Waals surface area contributed by atoms with E-state index in [1.165, 1.54) is 5.56 Å². The first-order valence-electron chi connectivity index (χ1n) is 5.38. The Morgan fingerprint density at radius 2 is 2.00 bits per heavy atom. The fourth-order valence-electron chi connectivity index (χ4n) is 1.45. The van der Waals surface area contributed by atoms with E-state index in [0.717, 1.165) is 24.4 Å². The smallest absolute Gasteiger partial charge is 0.174 e. The Labute approximate surface area is 104 Å². The van der Waals surface area contributed by atoms with E-state index in [1.54, 1.807) is 0 Å². The minimum Gasteiger partial charge on any atom is -0.492 e. The van der Waals surface area contributed by atoms with Crippen molar-refractivity contribution in [2.24, 2.45) is 0 Å². The molecule has 0 amide bonds. The van der Waals surface area contributed by atoms with Crippen LogP contribution in [0.15, 0.2) is 24.3 Å². The van der Waals surface area contributed by atoms with Crippen LogP contribution >= 0.6 is 11.6 Å². The van der Waals surface area contributed by atoms with Crippen LogP contribution in [0.1, 0.15) is 11.4 Å². The molecular formula is C11H13ClN4O. The molecule has 17 heavy (non-hydrogen) atoms. The van der Waals surface area contributed by atoms with E-state index >= 15 is 0 Å². The number of rotatable bonds is 6. The lowest BCUT2D eigenvalue weighted by atomic mass is 10.1. The van der Waals surface area contributed by atoms with Gasteiger partial charge in [-0.15, -0.1) is 21.8 Å². The zero-order valence-electron chi connectivity index (χ0n) is 9.27. The van der Waals surface area contributed by atoms with Crippen molar-refractivity contribution < 1.29 is 4.74 Å². The van der Waals surface area contributed by atoms with Crippen molar-refractivity contribution in [3.63, 3.8) is 0 Å². The number of aromatic amines is 1. The average molecular weight is 253 g/mol. The van der Waals surface area contributed by atoms with Gasteiger partial charge in [0, 0.05) is 6.42 Å². The topological polar surface area (TPSA) is 63.7 Å². The first kappa shape index (κ1) is 11.9. The van der Waals surface area contributed by atoms with Gasteiger partial charge >= 0.3 is 0 Å². The fourth-order valence-corrected chi connectivity index (χ4v) is 1.53. The predicted molar refractivity (Wildman–Crippen MR) is 64.2 cm³/mol. The summed E-state index contributed by atoms with van der Waals surface area (Å²) < 4.78 is 5.39. The maximum atomic E-state index is 5.54. The summed E-state index contributed by atoms with van der Waals surface area (Å²) in [4.78, 5) is 0. The van der Waals surface area contributed by atoms with Crippen LogP contribution < -0.4 is 4.74 Å². The molecule has 6 heteroatoms. The standard InChI is InChI=1S/C11H13ClN4O/c12-7-8-17-10-4-1-9(2-5-10)3-6-11-13-15-16-14-11/h1-2,4-5H,3,6-8H2,(H,13,14,15,16). The third-order valence-electron chi connectivity index (χ3n) is 2.30. The number of aromatic nitrogens is 4. The molecule has 0 spiro atoms. The van der Waals surface area contributed by atoms with E-state index in [0.29, 0.717) is 12.5 Å². The number of ether oxygens (including phenoxy) is 1. The van der Waals surface area contributed by atoms with Gasteiger partial charge in [0.1, 0.15) is 12.4 Å². The Hall–Kier alpha value is -1.62. The van der Waals surface area contributed by atoms with Crippen molar-refractivity contribution in [1.29, 1.82) is 0 Å². The zero-order valence-corrected chi connectivity index (χ0v) is 10.0. The number of nitrogens with zero attached hydrogens (tertiary/aromatic N) is 3. The Morgan fingerprint density at radius 1 is 1.18 bits per heavy atom. The van der Waals surface area contributed by atoms with Crippen LogP contribution in [0.5, 0.6) is 5.75 Å². The highest BCUT2D eigenvalue weighted by Gasteiger charge is 2.00. The van der Waals surface area contributed by atoms with Crippen molar-refractivity contribution in [2.45, 2.75) is 12.8 Å². The Kier molecular flexibility index (Phi) is 4.32. The summed E-state index contributed by atoms with van der Waals surface area (Å²) >= 11 is 5.54. The van der Waals surface area contributed by atoms with E-state index in [2.05, 4.69) is 20.6 Å². The lowest BCUT2D eigenvalue weighted by Gasteiger charge is -2.04. The van der Waals surface area contributed by atoms with Crippen molar-refractivity contribution >= 4 is 11.6 Å². The maximum Gasteiger partial charge on any atom is 0.174 e. The molecule has 0 unspecified atom stereocenters. The number of alkyl halides is 1. The maximum absolute atomic E-state index is 5.54. The number of benzene rings is 1. The van der Waals surface area contributed by atoms with E-state index in [-0.39, 0.29) is 0 Å². The lowest BCUT2D eigenvalue weighted by Crippen LogP contribution is -1.98. The van der Waals surface area contributed by atoms with Crippen LogP contribution in [0.25, 0.3) is 0 Å². The van der Waals surface area contributed by atoms with Crippen LogP contribution in [-0.2, 0) is 12.8 Å². The molecule has 0 saturated heterocycles. The number of hydrogen-bond acceptors (Lipinski definition) is 4. The van der Waals surface area contributed by atoms with Gasteiger partial charge in [0.05, 0.1) is 5.88 Å². The predicted octanol–water partition coefficient (Wildman–Crippen LogP) is 1.60. The van der Waals surface area contributed by atoms with Crippen LogP contribution in [-0.4, -0.2) is 33.1 Å². The third-order valence-corrected chi connectivity index (χ3v) is 2.45. The molecule has 2 rings (SSSR count). The van der Waals surface area contributed by atoms with E-state index in [4.69, 9.17) is 16.3 Å². The molecule has 1 N–H and O–H groups in total. The molecule has 1 heterocycles. The molecule has 0 aliphatic carbocycles. The van der Waals surface area contributed by atoms with E-state index in [9.17, 15) is 0 Å². The number of nitrogens with one attached hydrogen (secondary N) is 1. The Bertz CT molecular complexity index is 429. The van der Waals surface area contributed by atoms with Gasteiger partial charge < -0.3 is 4.74 Å². The average Bonchev–Trinajstić information content (AvgIpc) is 2.88. The van der Waals surface area contributed by atoms with Crippen LogP contribution in [0.3, 0.4) is 0 Å². The van der Waals surface area contributed by atoms with Gasteiger partial charge in [-0.3, -0.25) is 0 Å². The second-order valence-corrected chi connectivity index (χ2v) is 3.89. The van der Waals surface area contributed by atoms with Gasteiger partial charge in [0.15, 0.2) is 5.82 Å². The summed E-state index contributed by atoms with van der Waals surface area (Å²) in [6.45, 7) is 0.532. The first-order valence-corrected chi connectivity index (χ1v) is 5.92. The number of hydrogen-bond donors (Lipinski definition) is 1. The highest BCUT2D eigenvalue weighted by atomic mass is 35.5. The van der Waals surface area contributed by atoms with Gasteiger partial charge in [-0.2, -0.15) is 5.21 Å². The second-order valence-electron chi connectivity index (χ2n) is 3.51. The summed E-state index contributed by atoms with van der Waals surface area (Å²) in [6, 6.07) is 7.95. The largest absolute Gasteiger partial charge is 0.492 e. The molecular weight excluding hydrogens is 240 g/mol. The van der Waals surface area contributed by atoms with Gasteiger partial charge in [-0.1, -0.05) is 17.3 Å². The first-order chi connectivity index (χ1) is 8.38. The number of aryl methyl sites for hydroxylation is 2. The lowest BCUT2D eigenvalue weighted by molar-refractivity contribution is 0.342. The molecule has 0 radical (unpaired) electrons. The van der Waals surface area contributed by atoms with Crippen LogP contribution in [0.2, 0.25) is 0 Å².